The Kier molecular flexibility index (Phi) is 2.13. The molecule has 0 radical (unpaired) electrons. The molecule has 0 saturated heterocycles. The number of hydrogen-bond donors (Lipinski definition) is 1. The zero-order valence-corrected chi connectivity index (χ0v) is 8.10. The number of rotatable bonds is 3. The lowest BCUT2D eigenvalue weighted by Crippen LogP contribution is -1.89. The molecule has 0 unspecified atom stereocenters. The number of nitrogens with zero attached hydrogens (tertiary/aromatic N) is 1. The van der Waals surface area contributed by atoms with Gasteiger partial charge in [0.15, 0.2) is 0 Å². The van der Waals surface area contributed by atoms with Gasteiger partial charge in [-0.25, -0.2) is 0 Å². The summed E-state index contributed by atoms with van der Waals surface area (Å²) < 4.78 is 5.30. The van der Waals surface area contributed by atoms with Gasteiger partial charge in [0.25, 0.3) is 0 Å². The Bertz CT molecular complexity index is 278. The smallest absolute Gasteiger partial charge is 0.143 e. The van der Waals surface area contributed by atoms with Gasteiger partial charge in [0.1, 0.15) is 5.76 Å². The molecule has 1 aromatic heterocycles. The molecule has 0 bridgehead atoms. The quantitative estimate of drug-likeness (QED) is 0.729. The summed E-state index contributed by atoms with van der Waals surface area (Å²) in [6, 6.07) is 0. The molecule has 12 heavy (non-hydrogen) atoms. The summed E-state index contributed by atoms with van der Waals surface area (Å²) in [5.41, 5.74) is 2.33. The molecule has 0 aliphatic heterocycles. The molecule has 1 aliphatic carbocycles. The molecule has 2 nitrogen and oxygen atoms in total. The molecule has 1 saturated carbocycles. The van der Waals surface area contributed by atoms with Gasteiger partial charge in [-0.1, -0.05) is 12.1 Å². The van der Waals surface area contributed by atoms with Crippen molar-refractivity contribution in [1.29, 1.82) is 0 Å². The van der Waals surface area contributed by atoms with Crippen molar-refractivity contribution in [2.24, 2.45) is 0 Å². The van der Waals surface area contributed by atoms with E-state index >= 15 is 0 Å². The van der Waals surface area contributed by atoms with Gasteiger partial charge in [-0.2, -0.15) is 12.6 Å². The monoisotopic (exact) mass is 183 g/mol. The average molecular weight is 183 g/mol. The molecular weight excluding hydrogens is 170 g/mol. The molecule has 1 heterocycles. The van der Waals surface area contributed by atoms with Gasteiger partial charge in [-0.05, 0) is 19.3 Å². The van der Waals surface area contributed by atoms with Gasteiger partial charge >= 0.3 is 0 Å². The summed E-state index contributed by atoms with van der Waals surface area (Å²) in [7, 11) is 0. The minimum Gasteiger partial charge on any atom is -0.361 e. The molecule has 0 spiro atoms. The molecule has 1 aliphatic rings. The fourth-order valence-corrected chi connectivity index (χ4v) is 1.77. The van der Waals surface area contributed by atoms with Crippen LogP contribution in [0.2, 0.25) is 0 Å². The van der Waals surface area contributed by atoms with Crippen LogP contribution < -0.4 is 0 Å². The minimum atomic E-state index is 0.668. The Morgan fingerprint density at radius 1 is 1.58 bits per heavy atom. The van der Waals surface area contributed by atoms with E-state index < -0.39 is 0 Å². The Balaban J connectivity index is 2.33. The fourth-order valence-electron chi connectivity index (χ4n) is 1.53. The minimum absolute atomic E-state index is 0.668. The van der Waals surface area contributed by atoms with E-state index in [-0.39, 0.29) is 0 Å². The van der Waals surface area contributed by atoms with Gasteiger partial charge in [0.2, 0.25) is 0 Å². The average Bonchev–Trinajstić information content (AvgIpc) is 2.85. The van der Waals surface area contributed by atoms with E-state index in [1.165, 1.54) is 18.4 Å². The third kappa shape index (κ3) is 1.26. The van der Waals surface area contributed by atoms with Crippen molar-refractivity contribution in [3.05, 3.63) is 17.0 Å². The summed E-state index contributed by atoms with van der Waals surface area (Å²) in [4.78, 5) is 0. The summed E-state index contributed by atoms with van der Waals surface area (Å²) in [6.45, 7) is 2.14. The molecule has 1 fully saturated rings. The van der Waals surface area contributed by atoms with Crippen molar-refractivity contribution in [1.82, 2.24) is 5.16 Å². The summed E-state index contributed by atoms with van der Waals surface area (Å²) in [5.74, 6) is 2.49. The predicted octanol–water partition coefficient (Wildman–Crippen LogP) is 2.54. The largest absolute Gasteiger partial charge is 0.361 e. The Morgan fingerprint density at radius 2 is 2.33 bits per heavy atom. The lowest BCUT2D eigenvalue weighted by molar-refractivity contribution is 0.379. The van der Waals surface area contributed by atoms with Gasteiger partial charge in [-0.15, -0.1) is 0 Å². The maximum Gasteiger partial charge on any atom is 0.143 e. The molecule has 0 atom stereocenters. The van der Waals surface area contributed by atoms with Gasteiger partial charge in [0, 0.05) is 17.2 Å². The normalized spacial score (nSPS) is 16.8. The zero-order valence-electron chi connectivity index (χ0n) is 7.21. The standard InChI is InChI=1S/C9H13NOS/c1-2-7-8(5-12)10-11-9(7)6-3-4-6/h6,12H,2-5H2,1H3. The van der Waals surface area contributed by atoms with Crippen LogP contribution in [-0.2, 0) is 12.2 Å². The van der Waals surface area contributed by atoms with Crippen molar-refractivity contribution in [3.63, 3.8) is 0 Å². The van der Waals surface area contributed by atoms with Gasteiger partial charge in [-0.3, -0.25) is 0 Å². The van der Waals surface area contributed by atoms with Crippen LogP contribution in [0.15, 0.2) is 4.52 Å². The first-order valence-corrected chi connectivity index (χ1v) is 5.08. The number of aromatic nitrogens is 1. The predicted molar refractivity (Wildman–Crippen MR) is 50.5 cm³/mol. The van der Waals surface area contributed by atoms with Crippen molar-refractivity contribution in [3.8, 4) is 0 Å². The van der Waals surface area contributed by atoms with Crippen LogP contribution in [0.5, 0.6) is 0 Å². The van der Waals surface area contributed by atoms with Crippen molar-refractivity contribution < 1.29 is 4.52 Å². The van der Waals surface area contributed by atoms with E-state index in [1.807, 2.05) is 0 Å². The second-order valence-electron chi connectivity index (χ2n) is 3.26. The number of thiol groups is 1. The lowest BCUT2D eigenvalue weighted by Gasteiger charge is -1.95. The SMILES string of the molecule is CCc1c(CS)noc1C1CC1. The van der Waals surface area contributed by atoms with Crippen LogP contribution in [0.1, 0.15) is 42.7 Å². The molecule has 1 aromatic rings. The van der Waals surface area contributed by atoms with Crippen molar-refractivity contribution >= 4 is 12.6 Å². The van der Waals surface area contributed by atoms with Crippen molar-refractivity contribution in [2.75, 3.05) is 0 Å². The van der Waals surface area contributed by atoms with E-state index in [0.29, 0.717) is 11.7 Å². The first kappa shape index (κ1) is 8.17. The molecule has 3 heteroatoms. The summed E-state index contributed by atoms with van der Waals surface area (Å²) in [5, 5.41) is 4.02. The molecule has 0 aromatic carbocycles. The van der Waals surface area contributed by atoms with E-state index in [1.54, 1.807) is 0 Å². The molecule has 0 N–H and O–H groups in total. The van der Waals surface area contributed by atoms with Crippen LogP contribution in [0, 0.1) is 0 Å². The van der Waals surface area contributed by atoms with E-state index in [4.69, 9.17) is 4.52 Å². The third-order valence-electron chi connectivity index (χ3n) is 2.35. The van der Waals surface area contributed by atoms with Crippen LogP contribution in [-0.4, -0.2) is 5.16 Å². The van der Waals surface area contributed by atoms with Crippen LogP contribution in [0.25, 0.3) is 0 Å². The second kappa shape index (κ2) is 3.13. The van der Waals surface area contributed by atoms with E-state index in [9.17, 15) is 0 Å². The maximum absolute atomic E-state index is 5.30. The van der Waals surface area contributed by atoms with Gasteiger partial charge < -0.3 is 4.52 Å². The first-order valence-electron chi connectivity index (χ1n) is 4.45. The van der Waals surface area contributed by atoms with Crippen LogP contribution in [0.4, 0.5) is 0 Å². The fraction of sp³-hybridized carbons (Fsp3) is 0.667. The van der Waals surface area contributed by atoms with Crippen molar-refractivity contribution in [2.45, 2.75) is 37.9 Å². The van der Waals surface area contributed by atoms with E-state index in [2.05, 4.69) is 24.7 Å². The Morgan fingerprint density at radius 3 is 2.83 bits per heavy atom. The molecule has 66 valence electrons. The molecular formula is C9H13NOS. The zero-order chi connectivity index (χ0) is 8.55. The molecule has 0 amide bonds. The third-order valence-corrected chi connectivity index (χ3v) is 2.65. The first-order chi connectivity index (χ1) is 5.86. The van der Waals surface area contributed by atoms with Crippen LogP contribution in [0.3, 0.4) is 0 Å². The van der Waals surface area contributed by atoms with E-state index in [0.717, 1.165) is 17.9 Å². The lowest BCUT2D eigenvalue weighted by atomic mass is 10.1. The topological polar surface area (TPSA) is 26.0 Å². The van der Waals surface area contributed by atoms with Crippen LogP contribution >= 0.6 is 12.6 Å². The summed E-state index contributed by atoms with van der Waals surface area (Å²) in [6.07, 6.45) is 3.56. The highest BCUT2D eigenvalue weighted by Gasteiger charge is 2.31. The highest BCUT2D eigenvalue weighted by molar-refractivity contribution is 7.79. The molecule has 2 rings (SSSR count). The maximum atomic E-state index is 5.30. The summed E-state index contributed by atoms with van der Waals surface area (Å²) >= 11 is 4.21. The Hall–Kier alpha value is -0.440. The second-order valence-corrected chi connectivity index (χ2v) is 3.57. The Labute approximate surface area is 77.7 Å². The highest BCUT2D eigenvalue weighted by Crippen LogP contribution is 2.42. The van der Waals surface area contributed by atoms with Gasteiger partial charge in [0.05, 0.1) is 5.69 Å². The number of hydrogen-bond acceptors (Lipinski definition) is 3. The highest BCUT2D eigenvalue weighted by atomic mass is 32.1.